The third kappa shape index (κ3) is 3.94. The predicted molar refractivity (Wildman–Crippen MR) is 91.5 cm³/mol. The predicted octanol–water partition coefficient (Wildman–Crippen LogP) is 2.50. The number of nitrogens with two attached hydrogens (primary N) is 1. The van der Waals surface area contributed by atoms with Crippen LogP contribution in [0.15, 0.2) is 66.0 Å². The Balaban J connectivity index is 1.68. The molecule has 0 saturated heterocycles. The summed E-state index contributed by atoms with van der Waals surface area (Å²) in [6.07, 6.45) is 5.31. The zero-order chi connectivity index (χ0) is 16.1. The summed E-state index contributed by atoms with van der Waals surface area (Å²) in [7, 11) is 0. The lowest BCUT2D eigenvalue weighted by atomic mass is 10.2. The van der Waals surface area contributed by atoms with Crippen LogP contribution in [0.5, 0.6) is 0 Å². The zero-order valence-corrected chi connectivity index (χ0v) is 12.8. The number of rotatable bonds is 4. The Kier molecular flexibility index (Phi) is 4.33. The van der Waals surface area contributed by atoms with Gasteiger partial charge in [-0.1, -0.05) is 12.1 Å². The summed E-state index contributed by atoms with van der Waals surface area (Å²) in [4.78, 5) is 8.66. The number of aliphatic imine (C=N–C) groups is 1. The second-order valence-corrected chi connectivity index (χ2v) is 5.17. The van der Waals surface area contributed by atoms with Crippen LogP contribution in [0.25, 0.3) is 5.82 Å². The zero-order valence-electron chi connectivity index (χ0n) is 12.8. The standard InChI is InChI=1S/C17H18N6/c1-13-4-2-5-15(10-13)22-17(18)20-12-14-6-8-19-16(11-14)23-9-3-7-21-23/h2-11H,12H2,1H3,(H3,18,20,22). The minimum absolute atomic E-state index is 0.382. The Bertz CT molecular complexity index is 807. The van der Waals surface area contributed by atoms with Crippen LogP contribution in [0.2, 0.25) is 0 Å². The number of benzene rings is 1. The van der Waals surface area contributed by atoms with E-state index in [1.165, 1.54) is 5.56 Å². The van der Waals surface area contributed by atoms with Crippen molar-refractivity contribution in [2.45, 2.75) is 13.5 Å². The summed E-state index contributed by atoms with van der Waals surface area (Å²) in [5.74, 6) is 1.14. The molecule has 6 heteroatoms. The Morgan fingerprint density at radius 3 is 2.91 bits per heavy atom. The van der Waals surface area contributed by atoms with Gasteiger partial charge in [-0.2, -0.15) is 5.10 Å². The third-order valence-electron chi connectivity index (χ3n) is 3.27. The Labute approximate surface area is 134 Å². The minimum Gasteiger partial charge on any atom is -0.370 e. The van der Waals surface area contributed by atoms with Gasteiger partial charge in [0.1, 0.15) is 0 Å². The minimum atomic E-state index is 0.382. The van der Waals surface area contributed by atoms with Gasteiger partial charge >= 0.3 is 0 Å². The summed E-state index contributed by atoms with van der Waals surface area (Å²) in [6.45, 7) is 2.51. The first-order valence-corrected chi connectivity index (χ1v) is 7.29. The lowest BCUT2D eigenvalue weighted by molar-refractivity contribution is 0.841. The van der Waals surface area contributed by atoms with Crippen LogP contribution in [-0.4, -0.2) is 20.7 Å². The van der Waals surface area contributed by atoms with Crippen molar-refractivity contribution in [3.8, 4) is 5.82 Å². The monoisotopic (exact) mass is 306 g/mol. The number of aryl methyl sites for hydroxylation is 1. The van der Waals surface area contributed by atoms with E-state index < -0.39 is 0 Å². The quantitative estimate of drug-likeness (QED) is 0.573. The molecule has 0 amide bonds. The van der Waals surface area contributed by atoms with E-state index in [-0.39, 0.29) is 0 Å². The molecule has 0 saturated carbocycles. The van der Waals surface area contributed by atoms with E-state index >= 15 is 0 Å². The van der Waals surface area contributed by atoms with E-state index in [1.54, 1.807) is 17.1 Å². The van der Waals surface area contributed by atoms with E-state index in [9.17, 15) is 0 Å². The van der Waals surface area contributed by atoms with Crippen LogP contribution in [0.4, 0.5) is 5.69 Å². The summed E-state index contributed by atoms with van der Waals surface area (Å²) < 4.78 is 1.71. The van der Waals surface area contributed by atoms with Crippen molar-refractivity contribution < 1.29 is 0 Å². The summed E-state index contributed by atoms with van der Waals surface area (Å²) in [5, 5.41) is 7.26. The van der Waals surface area contributed by atoms with Crippen molar-refractivity contribution in [3.63, 3.8) is 0 Å². The van der Waals surface area contributed by atoms with Crippen molar-refractivity contribution in [2.24, 2.45) is 10.7 Å². The van der Waals surface area contributed by atoms with Crippen LogP contribution in [-0.2, 0) is 6.54 Å². The van der Waals surface area contributed by atoms with E-state index in [1.807, 2.05) is 55.6 Å². The summed E-state index contributed by atoms with van der Waals surface area (Å²) in [5.41, 5.74) is 9.05. The highest BCUT2D eigenvalue weighted by atomic mass is 15.3. The Morgan fingerprint density at radius 1 is 1.22 bits per heavy atom. The van der Waals surface area contributed by atoms with E-state index in [0.29, 0.717) is 12.5 Å². The third-order valence-corrected chi connectivity index (χ3v) is 3.27. The molecule has 0 bridgehead atoms. The van der Waals surface area contributed by atoms with Gasteiger partial charge in [-0.15, -0.1) is 0 Å². The molecule has 6 nitrogen and oxygen atoms in total. The fourth-order valence-electron chi connectivity index (χ4n) is 2.18. The number of hydrogen-bond acceptors (Lipinski definition) is 3. The van der Waals surface area contributed by atoms with Crippen LogP contribution in [0.3, 0.4) is 0 Å². The lowest BCUT2D eigenvalue weighted by Crippen LogP contribution is -2.22. The van der Waals surface area contributed by atoms with Gasteiger partial charge in [-0.3, -0.25) is 0 Å². The van der Waals surface area contributed by atoms with Gasteiger partial charge in [-0.05, 0) is 48.4 Å². The van der Waals surface area contributed by atoms with Crippen LogP contribution in [0.1, 0.15) is 11.1 Å². The number of nitrogens with one attached hydrogen (secondary N) is 1. The first kappa shape index (κ1) is 14.8. The molecular formula is C17H18N6. The van der Waals surface area contributed by atoms with E-state index in [4.69, 9.17) is 5.73 Å². The van der Waals surface area contributed by atoms with Crippen molar-refractivity contribution >= 4 is 11.6 Å². The maximum atomic E-state index is 5.94. The second-order valence-electron chi connectivity index (χ2n) is 5.17. The van der Waals surface area contributed by atoms with Crippen molar-refractivity contribution in [1.82, 2.24) is 14.8 Å². The van der Waals surface area contributed by atoms with E-state index in [0.717, 1.165) is 17.1 Å². The Hall–Kier alpha value is -3.15. The topological polar surface area (TPSA) is 81.1 Å². The molecule has 1 aromatic carbocycles. The van der Waals surface area contributed by atoms with E-state index in [2.05, 4.69) is 20.4 Å². The number of guanidine groups is 1. The SMILES string of the molecule is Cc1cccc(NC(N)=NCc2ccnc(-n3cccn3)c2)c1. The molecule has 0 spiro atoms. The summed E-state index contributed by atoms with van der Waals surface area (Å²) >= 11 is 0. The molecule has 2 heterocycles. The van der Waals surface area contributed by atoms with Crippen molar-refractivity contribution in [2.75, 3.05) is 5.32 Å². The molecule has 116 valence electrons. The highest BCUT2D eigenvalue weighted by Gasteiger charge is 2.00. The van der Waals surface area contributed by atoms with Crippen LogP contribution < -0.4 is 11.1 Å². The molecule has 0 aliphatic carbocycles. The molecule has 0 atom stereocenters. The molecule has 3 aromatic rings. The number of anilines is 1. The van der Waals surface area contributed by atoms with Gasteiger partial charge in [0.15, 0.2) is 11.8 Å². The highest BCUT2D eigenvalue weighted by molar-refractivity contribution is 5.92. The Morgan fingerprint density at radius 2 is 2.13 bits per heavy atom. The number of nitrogens with zero attached hydrogens (tertiary/aromatic N) is 4. The fourth-order valence-corrected chi connectivity index (χ4v) is 2.18. The molecule has 3 rings (SSSR count). The first-order chi connectivity index (χ1) is 11.2. The average molecular weight is 306 g/mol. The molecule has 2 aromatic heterocycles. The maximum absolute atomic E-state index is 5.94. The largest absolute Gasteiger partial charge is 0.370 e. The molecule has 0 radical (unpaired) electrons. The normalized spacial score (nSPS) is 11.4. The number of hydrogen-bond donors (Lipinski definition) is 2. The van der Waals surface area contributed by atoms with Gasteiger partial charge in [0, 0.05) is 24.3 Å². The van der Waals surface area contributed by atoms with Crippen molar-refractivity contribution in [3.05, 3.63) is 72.2 Å². The first-order valence-electron chi connectivity index (χ1n) is 7.29. The molecule has 0 aliphatic heterocycles. The highest BCUT2D eigenvalue weighted by Crippen LogP contribution is 2.10. The average Bonchev–Trinajstić information content (AvgIpc) is 3.08. The lowest BCUT2D eigenvalue weighted by Gasteiger charge is -2.07. The van der Waals surface area contributed by atoms with Gasteiger partial charge in [0.25, 0.3) is 0 Å². The molecule has 3 N–H and O–H groups in total. The second kappa shape index (κ2) is 6.74. The molecule has 0 aliphatic rings. The number of aromatic nitrogens is 3. The summed E-state index contributed by atoms with van der Waals surface area (Å²) in [6, 6.07) is 13.7. The van der Waals surface area contributed by atoms with Gasteiger partial charge < -0.3 is 11.1 Å². The number of pyridine rings is 1. The fraction of sp³-hybridized carbons (Fsp3) is 0.118. The van der Waals surface area contributed by atoms with Gasteiger partial charge in [0.05, 0.1) is 6.54 Å². The molecule has 0 fully saturated rings. The van der Waals surface area contributed by atoms with Crippen molar-refractivity contribution in [1.29, 1.82) is 0 Å². The van der Waals surface area contributed by atoms with Crippen LogP contribution >= 0.6 is 0 Å². The maximum Gasteiger partial charge on any atom is 0.193 e. The molecule has 23 heavy (non-hydrogen) atoms. The van der Waals surface area contributed by atoms with Gasteiger partial charge in [0.2, 0.25) is 0 Å². The molecular weight excluding hydrogens is 288 g/mol. The van der Waals surface area contributed by atoms with Gasteiger partial charge in [-0.25, -0.2) is 14.7 Å². The smallest absolute Gasteiger partial charge is 0.193 e. The molecule has 0 unspecified atom stereocenters. The van der Waals surface area contributed by atoms with Crippen LogP contribution in [0, 0.1) is 6.92 Å².